The predicted molar refractivity (Wildman–Crippen MR) is 65.4 cm³/mol. The SMILES string of the molecule is CCN(CC)C(C)(C)C(O)Cc1ccco1. The van der Waals surface area contributed by atoms with E-state index in [1.807, 2.05) is 12.1 Å². The fourth-order valence-corrected chi connectivity index (χ4v) is 2.12. The van der Waals surface area contributed by atoms with Gasteiger partial charge in [0.05, 0.1) is 12.4 Å². The molecule has 1 N–H and O–H groups in total. The predicted octanol–water partition coefficient (Wildman–Crippen LogP) is 2.30. The quantitative estimate of drug-likeness (QED) is 0.807. The van der Waals surface area contributed by atoms with Crippen molar-refractivity contribution in [2.24, 2.45) is 0 Å². The van der Waals surface area contributed by atoms with Crippen LogP contribution in [0.1, 0.15) is 33.5 Å². The Morgan fingerprint density at radius 3 is 2.44 bits per heavy atom. The minimum absolute atomic E-state index is 0.226. The van der Waals surface area contributed by atoms with E-state index >= 15 is 0 Å². The fraction of sp³-hybridized carbons (Fsp3) is 0.692. The molecule has 0 aliphatic carbocycles. The van der Waals surface area contributed by atoms with Crippen LogP contribution in [0.15, 0.2) is 22.8 Å². The Bertz CT molecular complexity index is 289. The molecule has 0 saturated heterocycles. The van der Waals surface area contributed by atoms with Gasteiger partial charge in [-0.1, -0.05) is 13.8 Å². The first-order chi connectivity index (χ1) is 7.52. The maximum atomic E-state index is 10.3. The normalized spacial score (nSPS) is 14.4. The number of likely N-dealkylation sites (N-methyl/N-ethyl adjacent to an activating group) is 1. The average Bonchev–Trinajstić information content (AvgIpc) is 2.71. The van der Waals surface area contributed by atoms with Gasteiger partial charge in [-0.3, -0.25) is 4.90 Å². The number of aliphatic hydroxyl groups excluding tert-OH is 1. The van der Waals surface area contributed by atoms with E-state index in [4.69, 9.17) is 4.42 Å². The Morgan fingerprint density at radius 2 is 2.00 bits per heavy atom. The highest BCUT2D eigenvalue weighted by Crippen LogP contribution is 2.21. The molecule has 16 heavy (non-hydrogen) atoms. The Kier molecular flexibility index (Phi) is 4.56. The number of rotatable bonds is 6. The summed E-state index contributed by atoms with van der Waals surface area (Å²) >= 11 is 0. The van der Waals surface area contributed by atoms with E-state index in [1.165, 1.54) is 0 Å². The van der Waals surface area contributed by atoms with Crippen molar-refractivity contribution in [3.05, 3.63) is 24.2 Å². The molecular weight excluding hydrogens is 202 g/mol. The minimum Gasteiger partial charge on any atom is -0.469 e. The van der Waals surface area contributed by atoms with Crippen molar-refractivity contribution in [1.82, 2.24) is 4.90 Å². The van der Waals surface area contributed by atoms with Crippen molar-refractivity contribution in [3.63, 3.8) is 0 Å². The molecule has 1 atom stereocenters. The molecule has 0 fully saturated rings. The molecule has 92 valence electrons. The summed E-state index contributed by atoms with van der Waals surface area (Å²) < 4.78 is 5.27. The first kappa shape index (κ1) is 13.3. The third-order valence-corrected chi connectivity index (χ3v) is 3.37. The van der Waals surface area contributed by atoms with Crippen LogP contribution in [0.4, 0.5) is 0 Å². The van der Waals surface area contributed by atoms with Crippen LogP contribution in [0.25, 0.3) is 0 Å². The van der Waals surface area contributed by atoms with Gasteiger partial charge >= 0.3 is 0 Å². The second kappa shape index (κ2) is 5.51. The third kappa shape index (κ3) is 2.86. The van der Waals surface area contributed by atoms with E-state index in [9.17, 15) is 5.11 Å². The van der Waals surface area contributed by atoms with Crippen LogP contribution < -0.4 is 0 Å². The molecule has 3 heteroatoms. The van der Waals surface area contributed by atoms with Gasteiger partial charge in [-0.05, 0) is 39.1 Å². The minimum atomic E-state index is -0.418. The molecule has 3 nitrogen and oxygen atoms in total. The van der Waals surface area contributed by atoms with Crippen molar-refractivity contribution in [2.45, 2.75) is 45.8 Å². The maximum absolute atomic E-state index is 10.3. The summed E-state index contributed by atoms with van der Waals surface area (Å²) in [4.78, 5) is 2.26. The second-order valence-corrected chi connectivity index (χ2v) is 4.63. The van der Waals surface area contributed by atoms with Gasteiger partial charge in [-0.25, -0.2) is 0 Å². The molecule has 0 aromatic carbocycles. The number of aliphatic hydroxyl groups is 1. The van der Waals surface area contributed by atoms with Gasteiger partial charge in [0, 0.05) is 12.0 Å². The zero-order valence-electron chi connectivity index (χ0n) is 10.7. The molecule has 0 amide bonds. The van der Waals surface area contributed by atoms with Crippen LogP contribution in [0.3, 0.4) is 0 Å². The Balaban J connectivity index is 2.67. The molecule has 1 aromatic rings. The zero-order chi connectivity index (χ0) is 12.2. The summed E-state index contributed by atoms with van der Waals surface area (Å²) in [6, 6.07) is 3.76. The lowest BCUT2D eigenvalue weighted by molar-refractivity contribution is -0.00662. The van der Waals surface area contributed by atoms with Gasteiger partial charge in [0.25, 0.3) is 0 Å². The fourth-order valence-electron chi connectivity index (χ4n) is 2.12. The van der Waals surface area contributed by atoms with Crippen LogP contribution in [-0.2, 0) is 6.42 Å². The molecule has 1 unspecified atom stereocenters. The van der Waals surface area contributed by atoms with E-state index < -0.39 is 6.10 Å². The molecule has 1 rings (SSSR count). The van der Waals surface area contributed by atoms with E-state index in [-0.39, 0.29) is 5.54 Å². The molecule has 0 aliphatic rings. The number of nitrogens with zero attached hydrogens (tertiary/aromatic N) is 1. The van der Waals surface area contributed by atoms with Crippen molar-refractivity contribution >= 4 is 0 Å². The van der Waals surface area contributed by atoms with Crippen LogP contribution >= 0.6 is 0 Å². The average molecular weight is 225 g/mol. The van der Waals surface area contributed by atoms with E-state index in [0.717, 1.165) is 18.8 Å². The summed E-state index contributed by atoms with van der Waals surface area (Å²) in [7, 11) is 0. The Labute approximate surface area is 98.1 Å². The van der Waals surface area contributed by atoms with E-state index in [1.54, 1.807) is 6.26 Å². The molecule has 0 aliphatic heterocycles. The van der Waals surface area contributed by atoms with Crippen LogP contribution in [0.2, 0.25) is 0 Å². The number of hydrogen-bond donors (Lipinski definition) is 1. The summed E-state index contributed by atoms with van der Waals surface area (Å²) in [5.74, 6) is 0.840. The standard InChI is InChI=1S/C13H23NO2/c1-5-14(6-2)13(3,4)12(15)10-11-8-7-9-16-11/h7-9,12,15H,5-6,10H2,1-4H3. The number of furan rings is 1. The monoisotopic (exact) mass is 225 g/mol. The summed E-state index contributed by atoms with van der Waals surface area (Å²) in [6.45, 7) is 10.3. The highest BCUT2D eigenvalue weighted by Gasteiger charge is 2.33. The number of hydrogen-bond acceptors (Lipinski definition) is 3. The maximum Gasteiger partial charge on any atom is 0.106 e. The van der Waals surface area contributed by atoms with Gasteiger partial charge in [-0.15, -0.1) is 0 Å². The molecule has 1 aromatic heterocycles. The van der Waals surface area contributed by atoms with Gasteiger partial charge in [-0.2, -0.15) is 0 Å². The van der Waals surface area contributed by atoms with Crippen LogP contribution in [0, 0.1) is 0 Å². The first-order valence-corrected chi connectivity index (χ1v) is 5.97. The molecule has 1 heterocycles. The largest absolute Gasteiger partial charge is 0.469 e. The van der Waals surface area contributed by atoms with Gasteiger partial charge in [0.15, 0.2) is 0 Å². The molecule has 0 saturated carbocycles. The highest BCUT2D eigenvalue weighted by atomic mass is 16.3. The Hall–Kier alpha value is -0.800. The van der Waals surface area contributed by atoms with E-state index in [0.29, 0.717) is 6.42 Å². The lowest BCUT2D eigenvalue weighted by Crippen LogP contribution is -2.53. The van der Waals surface area contributed by atoms with Crippen molar-refractivity contribution in [3.8, 4) is 0 Å². The first-order valence-electron chi connectivity index (χ1n) is 5.97. The topological polar surface area (TPSA) is 36.6 Å². The summed E-state index contributed by atoms with van der Waals surface area (Å²) in [5.41, 5.74) is -0.226. The van der Waals surface area contributed by atoms with Gasteiger partial charge in [0.2, 0.25) is 0 Å². The Morgan fingerprint density at radius 1 is 1.38 bits per heavy atom. The van der Waals surface area contributed by atoms with E-state index in [2.05, 4.69) is 32.6 Å². The smallest absolute Gasteiger partial charge is 0.106 e. The van der Waals surface area contributed by atoms with Gasteiger partial charge in [0.1, 0.15) is 5.76 Å². The molecule has 0 spiro atoms. The zero-order valence-corrected chi connectivity index (χ0v) is 10.7. The van der Waals surface area contributed by atoms with Gasteiger partial charge < -0.3 is 9.52 Å². The van der Waals surface area contributed by atoms with Crippen molar-refractivity contribution in [1.29, 1.82) is 0 Å². The highest BCUT2D eigenvalue weighted by molar-refractivity contribution is 5.03. The lowest BCUT2D eigenvalue weighted by Gasteiger charge is -2.40. The van der Waals surface area contributed by atoms with Crippen LogP contribution in [-0.4, -0.2) is 34.7 Å². The third-order valence-electron chi connectivity index (χ3n) is 3.37. The second-order valence-electron chi connectivity index (χ2n) is 4.63. The lowest BCUT2D eigenvalue weighted by atomic mass is 9.91. The molecular formula is C13H23NO2. The van der Waals surface area contributed by atoms with Crippen molar-refractivity contribution in [2.75, 3.05) is 13.1 Å². The molecule has 0 radical (unpaired) electrons. The summed E-state index contributed by atoms with van der Waals surface area (Å²) in [6.07, 6.45) is 1.79. The molecule has 0 bridgehead atoms. The van der Waals surface area contributed by atoms with Crippen molar-refractivity contribution < 1.29 is 9.52 Å². The van der Waals surface area contributed by atoms with Crippen LogP contribution in [0.5, 0.6) is 0 Å². The summed E-state index contributed by atoms with van der Waals surface area (Å²) in [5, 5.41) is 10.3.